The average Bonchev–Trinajstić information content (AvgIpc) is 1.82. The highest BCUT2D eigenvalue weighted by Gasteiger charge is 2.09. The lowest BCUT2D eigenvalue weighted by Crippen LogP contribution is -2.18. The second-order valence-corrected chi connectivity index (χ2v) is 2.31. The molecule has 4 nitrogen and oxygen atoms in total. The van der Waals surface area contributed by atoms with Gasteiger partial charge in [-0.05, 0) is 6.42 Å². The molecule has 0 saturated carbocycles. The molecule has 1 atom stereocenters. The summed E-state index contributed by atoms with van der Waals surface area (Å²) in [5.74, 6) is 0. The van der Waals surface area contributed by atoms with Crippen molar-refractivity contribution in [3.05, 3.63) is 10.1 Å². The summed E-state index contributed by atoms with van der Waals surface area (Å²) in [7, 11) is 0. The van der Waals surface area contributed by atoms with Crippen molar-refractivity contribution in [1.82, 2.24) is 0 Å². The van der Waals surface area contributed by atoms with Crippen molar-refractivity contribution in [1.29, 1.82) is 0 Å². The zero-order valence-corrected chi connectivity index (χ0v) is 6.12. The van der Waals surface area contributed by atoms with E-state index in [1.54, 1.807) is 0 Å². The molecule has 0 heterocycles. The van der Waals surface area contributed by atoms with Crippen LogP contribution in [0.5, 0.6) is 0 Å². The third-order valence-corrected chi connectivity index (χ3v) is 1.25. The second-order valence-electron chi connectivity index (χ2n) is 2.31. The monoisotopic (exact) mass is 147 g/mol. The molecule has 0 aliphatic heterocycles. The highest BCUT2D eigenvalue weighted by molar-refractivity contribution is 4.51. The first-order chi connectivity index (χ1) is 4.66. The lowest BCUT2D eigenvalue weighted by molar-refractivity contribution is -0.490. The van der Waals surface area contributed by atoms with Gasteiger partial charge in [-0.1, -0.05) is 19.8 Å². The third-order valence-electron chi connectivity index (χ3n) is 1.25. The molecule has 1 N–H and O–H groups in total. The molecule has 60 valence electrons. The fraction of sp³-hybridized carbons (Fsp3) is 1.00. The van der Waals surface area contributed by atoms with E-state index < -0.39 is 11.0 Å². The van der Waals surface area contributed by atoms with E-state index in [1.807, 2.05) is 6.92 Å². The Labute approximate surface area is 60.0 Å². The number of nitro groups is 1. The van der Waals surface area contributed by atoms with E-state index in [0.717, 1.165) is 12.8 Å². The molecule has 4 heteroatoms. The van der Waals surface area contributed by atoms with Crippen LogP contribution in [0.15, 0.2) is 0 Å². The van der Waals surface area contributed by atoms with E-state index in [-0.39, 0.29) is 6.54 Å². The van der Waals surface area contributed by atoms with Gasteiger partial charge in [-0.25, -0.2) is 0 Å². The number of hydrogen-bond acceptors (Lipinski definition) is 3. The summed E-state index contributed by atoms with van der Waals surface area (Å²) < 4.78 is 0. The Morgan fingerprint density at radius 2 is 2.30 bits per heavy atom. The van der Waals surface area contributed by atoms with Crippen LogP contribution in [0, 0.1) is 10.1 Å². The molecule has 0 spiro atoms. The molecule has 0 saturated heterocycles. The first kappa shape index (κ1) is 9.36. The summed E-state index contributed by atoms with van der Waals surface area (Å²) in [5, 5.41) is 18.7. The van der Waals surface area contributed by atoms with Gasteiger partial charge in [0.1, 0.15) is 6.10 Å². The van der Waals surface area contributed by atoms with Gasteiger partial charge in [-0.2, -0.15) is 0 Å². The zero-order valence-electron chi connectivity index (χ0n) is 6.12. The fourth-order valence-corrected chi connectivity index (χ4v) is 0.703. The Morgan fingerprint density at radius 1 is 1.70 bits per heavy atom. The Hall–Kier alpha value is -0.640. The van der Waals surface area contributed by atoms with E-state index in [0.29, 0.717) is 6.42 Å². The van der Waals surface area contributed by atoms with Crippen LogP contribution in [0.25, 0.3) is 0 Å². The van der Waals surface area contributed by atoms with E-state index in [1.165, 1.54) is 0 Å². The Bertz CT molecular complexity index is 105. The largest absolute Gasteiger partial charge is 0.386 e. The van der Waals surface area contributed by atoms with Crippen molar-refractivity contribution in [2.24, 2.45) is 0 Å². The number of hydrogen-bond donors (Lipinski definition) is 1. The number of aliphatic hydroxyl groups is 1. The van der Waals surface area contributed by atoms with Crippen LogP contribution in [0.2, 0.25) is 0 Å². The summed E-state index contributed by atoms with van der Waals surface area (Å²) >= 11 is 0. The SMILES string of the molecule is CCCCC(O)C[N+](=O)[O-]. The summed E-state index contributed by atoms with van der Waals surface area (Å²) in [6.07, 6.45) is 1.61. The molecule has 0 aromatic heterocycles. The van der Waals surface area contributed by atoms with E-state index in [2.05, 4.69) is 0 Å². The van der Waals surface area contributed by atoms with Gasteiger partial charge in [0.05, 0.1) is 0 Å². The van der Waals surface area contributed by atoms with Crippen LogP contribution in [0.1, 0.15) is 26.2 Å². The Morgan fingerprint density at radius 3 is 2.70 bits per heavy atom. The van der Waals surface area contributed by atoms with Gasteiger partial charge in [0.15, 0.2) is 0 Å². The maximum Gasteiger partial charge on any atom is 0.229 e. The maximum absolute atomic E-state index is 9.82. The molecule has 0 aromatic carbocycles. The normalized spacial score (nSPS) is 13.0. The lowest BCUT2D eigenvalue weighted by Gasteiger charge is -2.02. The topological polar surface area (TPSA) is 63.4 Å². The second kappa shape index (κ2) is 5.17. The predicted molar refractivity (Wildman–Crippen MR) is 37.4 cm³/mol. The van der Waals surface area contributed by atoms with Crippen LogP contribution in [-0.2, 0) is 0 Å². The van der Waals surface area contributed by atoms with E-state index >= 15 is 0 Å². The fourth-order valence-electron chi connectivity index (χ4n) is 0.703. The summed E-state index contributed by atoms with van der Waals surface area (Å²) in [4.78, 5) is 9.33. The van der Waals surface area contributed by atoms with Gasteiger partial charge in [0.25, 0.3) is 0 Å². The smallest absolute Gasteiger partial charge is 0.229 e. The van der Waals surface area contributed by atoms with Crippen molar-refractivity contribution >= 4 is 0 Å². The molecule has 0 fully saturated rings. The average molecular weight is 147 g/mol. The molecule has 0 radical (unpaired) electrons. The molecule has 0 aromatic rings. The van der Waals surface area contributed by atoms with E-state index in [9.17, 15) is 10.1 Å². The van der Waals surface area contributed by atoms with Crippen LogP contribution in [0.4, 0.5) is 0 Å². The minimum Gasteiger partial charge on any atom is -0.386 e. The maximum atomic E-state index is 9.82. The molecule has 0 bridgehead atoms. The number of nitrogens with zero attached hydrogens (tertiary/aromatic N) is 1. The molecule has 0 aliphatic rings. The highest BCUT2D eigenvalue weighted by Crippen LogP contribution is 1.99. The van der Waals surface area contributed by atoms with Gasteiger partial charge in [-0.15, -0.1) is 0 Å². The molecule has 0 aliphatic carbocycles. The zero-order chi connectivity index (χ0) is 7.98. The molecule has 0 amide bonds. The summed E-state index contributed by atoms with van der Waals surface area (Å²) in [6.45, 7) is 1.67. The standard InChI is InChI=1S/C6H13NO3/c1-2-3-4-6(8)5-7(9)10/h6,8H,2-5H2,1H3. The van der Waals surface area contributed by atoms with Crippen molar-refractivity contribution in [2.45, 2.75) is 32.3 Å². The van der Waals surface area contributed by atoms with Gasteiger partial charge < -0.3 is 5.11 Å². The summed E-state index contributed by atoms with van der Waals surface area (Å²) in [5.41, 5.74) is 0. The Balaban J connectivity index is 3.25. The molecular formula is C6H13NO3. The van der Waals surface area contributed by atoms with Gasteiger partial charge in [0, 0.05) is 4.92 Å². The van der Waals surface area contributed by atoms with E-state index in [4.69, 9.17) is 5.11 Å². The third kappa shape index (κ3) is 5.50. The van der Waals surface area contributed by atoms with Crippen molar-refractivity contribution in [3.8, 4) is 0 Å². The molecule has 10 heavy (non-hydrogen) atoms. The van der Waals surface area contributed by atoms with Gasteiger partial charge in [0.2, 0.25) is 6.54 Å². The lowest BCUT2D eigenvalue weighted by atomic mass is 10.2. The van der Waals surface area contributed by atoms with Gasteiger partial charge >= 0.3 is 0 Å². The molecule has 0 rings (SSSR count). The molecular weight excluding hydrogens is 134 g/mol. The first-order valence-corrected chi connectivity index (χ1v) is 3.46. The highest BCUT2D eigenvalue weighted by atomic mass is 16.6. The predicted octanol–water partition coefficient (Wildman–Crippen LogP) is 0.814. The summed E-state index contributed by atoms with van der Waals surface area (Å²) in [6, 6.07) is 0. The number of aliphatic hydroxyl groups excluding tert-OH is 1. The van der Waals surface area contributed by atoms with Crippen LogP contribution in [-0.4, -0.2) is 22.7 Å². The minimum atomic E-state index is -0.755. The van der Waals surface area contributed by atoms with Crippen molar-refractivity contribution in [2.75, 3.05) is 6.54 Å². The van der Waals surface area contributed by atoms with Crippen LogP contribution < -0.4 is 0 Å². The van der Waals surface area contributed by atoms with Crippen molar-refractivity contribution < 1.29 is 10.0 Å². The van der Waals surface area contributed by atoms with Crippen LogP contribution in [0.3, 0.4) is 0 Å². The van der Waals surface area contributed by atoms with Crippen LogP contribution >= 0.6 is 0 Å². The number of unbranched alkanes of at least 4 members (excludes halogenated alkanes) is 1. The quantitative estimate of drug-likeness (QED) is 0.462. The van der Waals surface area contributed by atoms with Gasteiger partial charge in [-0.3, -0.25) is 10.1 Å². The minimum absolute atomic E-state index is 0.319. The van der Waals surface area contributed by atoms with Crippen molar-refractivity contribution in [3.63, 3.8) is 0 Å². The first-order valence-electron chi connectivity index (χ1n) is 3.46. The number of rotatable bonds is 5. The Kier molecular flexibility index (Phi) is 4.84. The molecule has 1 unspecified atom stereocenters.